The summed E-state index contributed by atoms with van der Waals surface area (Å²) in [4.78, 5) is 13.8. The molecular weight excluding hydrogens is 278 g/mol. The molecule has 4 nitrogen and oxygen atoms in total. The molecule has 122 valence electrons. The van der Waals surface area contributed by atoms with E-state index in [1.54, 1.807) is 0 Å². The fraction of sp³-hybridized carbons (Fsp3) is 0.611. The average Bonchev–Trinajstić information content (AvgIpc) is 2.45. The molecule has 1 N–H and O–H groups in total. The predicted molar refractivity (Wildman–Crippen MR) is 88.7 cm³/mol. The van der Waals surface area contributed by atoms with Gasteiger partial charge in [0, 0.05) is 0 Å². The number of nitrogens with zero attached hydrogens (tertiary/aromatic N) is 1. The van der Waals surface area contributed by atoms with Gasteiger partial charge in [-0.05, 0) is 43.4 Å². The molecule has 1 aliphatic rings. The minimum Gasteiger partial charge on any atom is -0.483 e. The number of fused-ring (bicyclic) bond motifs is 1. The van der Waals surface area contributed by atoms with Crippen molar-refractivity contribution < 1.29 is 14.6 Å². The zero-order valence-electron chi connectivity index (χ0n) is 14.2. The van der Waals surface area contributed by atoms with Gasteiger partial charge in [-0.15, -0.1) is 0 Å². The number of hydrogen-bond acceptors (Lipinski definition) is 3. The molecule has 1 atom stereocenters. The van der Waals surface area contributed by atoms with Crippen molar-refractivity contribution in [3.63, 3.8) is 0 Å². The van der Waals surface area contributed by atoms with Gasteiger partial charge in [-0.3, -0.25) is 0 Å². The molecule has 1 unspecified atom stereocenters. The van der Waals surface area contributed by atoms with E-state index >= 15 is 0 Å². The zero-order chi connectivity index (χ0) is 16.5. The summed E-state index contributed by atoms with van der Waals surface area (Å²) in [5, 5.41) is 9.71. The first-order valence-electron chi connectivity index (χ1n) is 8.12. The largest absolute Gasteiger partial charge is 0.483 e. The van der Waals surface area contributed by atoms with Crippen molar-refractivity contribution in [3.8, 4) is 5.75 Å². The second kappa shape index (κ2) is 6.19. The van der Waals surface area contributed by atoms with Gasteiger partial charge >= 0.3 is 5.97 Å². The number of rotatable bonds is 5. The van der Waals surface area contributed by atoms with Gasteiger partial charge in [0.25, 0.3) is 0 Å². The topological polar surface area (TPSA) is 49.8 Å². The van der Waals surface area contributed by atoms with Crippen molar-refractivity contribution in [1.29, 1.82) is 0 Å². The van der Waals surface area contributed by atoms with Crippen LogP contribution in [0.4, 0.5) is 5.69 Å². The number of carboxylic acids is 1. The third-order valence-electron chi connectivity index (χ3n) is 4.72. The van der Waals surface area contributed by atoms with Crippen LogP contribution in [0.25, 0.3) is 0 Å². The standard InChI is InChI=1S/C18H27NO3/c1-6-18(7-2)11-19(16(12(3)4)17(20)21)14-9-8-13(5)10-15(14)22-18/h8-10,12,16H,6-7,11H2,1-5H3,(H,20,21). The quantitative estimate of drug-likeness (QED) is 0.897. The van der Waals surface area contributed by atoms with Gasteiger partial charge < -0.3 is 14.7 Å². The molecule has 0 aliphatic carbocycles. The number of ether oxygens (including phenoxy) is 1. The minimum atomic E-state index is -0.774. The van der Waals surface area contributed by atoms with Crippen LogP contribution in [0.15, 0.2) is 18.2 Å². The Morgan fingerprint density at radius 2 is 2.00 bits per heavy atom. The van der Waals surface area contributed by atoms with Crippen molar-refractivity contribution in [3.05, 3.63) is 23.8 Å². The van der Waals surface area contributed by atoms with Crippen molar-refractivity contribution in [1.82, 2.24) is 0 Å². The van der Waals surface area contributed by atoms with Gasteiger partial charge in [0.15, 0.2) is 0 Å². The second-order valence-corrected chi connectivity index (χ2v) is 6.62. The molecule has 0 saturated heterocycles. The molecule has 0 spiro atoms. The van der Waals surface area contributed by atoms with E-state index in [0.29, 0.717) is 6.54 Å². The summed E-state index contributed by atoms with van der Waals surface area (Å²) in [6, 6.07) is 5.47. The van der Waals surface area contributed by atoms with Crippen LogP contribution in [0.5, 0.6) is 5.75 Å². The molecule has 1 aromatic carbocycles. The fourth-order valence-corrected chi connectivity index (χ4v) is 3.25. The summed E-state index contributed by atoms with van der Waals surface area (Å²) in [7, 11) is 0. The molecule has 1 heterocycles. The smallest absolute Gasteiger partial charge is 0.326 e. The molecule has 0 bridgehead atoms. The first-order chi connectivity index (χ1) is 10.3. The average molecular weight is 305 g/mol. The number of anilines is 1. The lowest BCUT2D eigenvalue weighted by Crippen LogP contribution is -2.57. The van der Waals surface area contributed by atoms with E-state index < -0.39 is 12.0 Å². The fourth-order valence-electron chi connectivity index (χ4n) is 3.25. The highest BCUT2D eigenvalue weighted by atomic mass is 16.5. The molecule has 1 aliphatic heterocycles. The van der Waals surface area contributed by atoms with E-state index in [1.807, 2.05) is 43.9 Å². The molecular formula is C18H27NO3. The van der Waals surface area contributed by atoms with Crippen LogP contribution in [0, 0.1) is 12.8 Å². The van der Waals surface area contributed by atoms with E-state index in [9.17, 15) is 9.90 Å². The lowest BCUT2D eigenvalue weighted by atomic mass is 9.91. The van der Waals surface area contributed by atoms with Gasteiger partial charge in [0.2, 0.25) is 0 Å². The molecule has 1 aromatic rings. The maximum Gasteiger partial charge on any atom is 0.326 e. The Morgan fingerprint density at radius 3 is 2.50 bits per heavy atom. The van der Waals surface area contributed by atoms with Gasteiger partial charge in [0.1, 0.15) is 17.4 Å². The van der Waals surface area contributed by atoms with Gasteiger partial charge in [-0.2, -0.15) is 0 Å². The summed E-state index contributed by atoms with van der Waals surface area (Å²) in [6.45, 7) is 10.8. The van der Waals surface area contributed by atoms with E-state index in [0.717, 1.165) is 29.8 Å². The van der Waals surface area contributed by atoms with Crippen LogP contribution in [-0.2, 0) is 4.79 Å². The van der Waals surface area contributed by atoms with E-state index in [4.69, 9.17) is 4.74 Å². The van der Waals surface area contributed by atoms with E-state index in [1.165, 1.54) is 0 Å². The summed E-state index contributed by atoms with van der Waals surface area (Å²) in [6.07, 6.45) is 1.72. The molecule has 0 radical (unpaired) electrons. The normalized spacial score (nSPS) is 17.8. The highest BCUT2D eigenvalue weighted by molar-refractivity contribution is 5.80. The van der Waals surface area contributed by atoms with Crippen LogP contribution in [0.1, 0.15) is 46.1 Å². The zero-order valence-corrected chi connectivity index (χ0v) is 14.2. The van der Waals surface area contributed by atoms with Crippen molar-refractivity contribution >= 4 is 11.7 Å². The van der Waals surface area contributed by atoms with Crippen LogP contribution in [-0.4, -0.2) is 29.3 Å². The second-order valence-electron chi connectivity index (χ2n) is 6.62. The Morgan fingerprint density at radius 1 is 1.36 bits per heavy atom. The number of benzene rings is 1. The SMILES string of the molecule is CCC1(CC)CN(C(C(=O)O)C(C)C)c2ccc(C)cc2O1. The Kier molecular flexibility index (Phi) is 4.69. The summed E-state index contributed by atoms with van der Waals surface area (Å²) < 4.78 is 6.30. The lowest BCUT2D eigenvalue weighted by molar-refractivity contribution is -0.140. The minimum absolute atomic E-state index is 0.0242. The number of carbonyl (C=O) groups is 1. The number of hydrogen-bond donors (Lipinski definition) is 1. The van der Waals surface area contributed by atoms with E-state index in [-0.39, 0.29) is 11.5 Å². The summed E-state index contributed by atoms with van der Waals surface area (Å²) in [5.41, 5.74) is 1.70. The molecule has 22 heavy (non-hydrogen) atoms. The van der Waals surface area contributed by atoms with Crippen molar-refractivity contribution in [2.45, 2.75) is 59.1 Å². The summed E-state index contributed by atoms with van der Waals surface area (Å²) in [5.74, 6) is 0.0579. The Hall–Kier alpha value is -1.71. The highest BCUT2D eigenvalue weighted by Crippen LogP contribution is 2.42. The van der Waals surface area contributed by atoms with Gasteiger partial charge in [-0.1, -0.05) is 33.8 Å². The van der Waals surface area contributed by atoms with Crippen molar-refractivity contribution in [2.24, 2.45) is 5.92 Å². The molecule has 4 heteroatoms. The molecule has 0 saturated carbocycles. The first kappa shape index (κ1) is 16.7. The number of aryl methyl sites for hydroxylation is 1. The van der Waals surface area contributed by atoms with Crippen LogP contribution < -0.4 is 9.64 Å². The van der Waals surface area contributed by atoms with Crippen molar-refractivity contribution in [2.75, 3.05) is 11.4 Å². The van der Waals surface area contributed by atoms with Crippen LogP contribution >= 0.6 is 0 Å². The third kappa shape index (κ3) is 2.92. The van der Waals surface area contributed by atoms with Crippen LogP contribution in [0.3, 0.4) is 0 Å². The monoisotopic (exact) mass is 305 g/mol. The predicted octanol–water partition coefficient (Wildman–Crippen LogP) is 3.86. The van der Waals surface area contributed by atoms with E-state index in [2.05, 4.69) is 13.8 Å². The highest BCUT2D eigenvalue weighted by Gasteiger charge is 2.42. The maximum atomic E-state index is 11.8. The molecule has 0 fully saturated rings. The van der Waals surface area contributed by atoms with Gasteiger partial charge in [0.05, 0.1) is 12.2 Å². The first-order valence-corrected chi connectivity index (χ1v) is 8.12. The Bertz CT molecular complexity index is 549. The number of carboxylic acid groups (broad SMARTS) is 1. The Balaban J connectivity index is 2.55. The molecule has 0 aromatic heterocycles. The maximum absolute atomic E-state index is 11.8. The molecule has 2 rings (SSSR count). The van der Waals surface area contributed by atoms with Gasteiger partial charge in [-0.25, -0.2) is 4.79 Å². The van der Waals surface area contributed by atoms with Crippen LogP contribution in [0.2, 0.25) is 0 Å². The third-order valence-corrected chi connectivity index (χ3v) is 4.72. The number of aliphatic carboxylic acids is 1. The Labute approximate surface area is 133 Å². The summed E-state index contributed by atoms with van der Waals surface area (Å²) >= 11 is 0. The molecule has 0 amide bonds. The lowest BCUT2D eigenvalue weighted by Gasteiger charge is -2.47.